The lowest BCUT2D eigenvalue weighted by atomic mass is 9.92. The molecule has 0 aromatic heterocycles. The van der Waals surface area contributed by atoms with E-state index < -0.39 is 6.04 Å². The highest BCUT2D eigenvalue weighted by Gasteiger charge is 2.39. The van der Waals surface area contributed by atoms with E-state index in [2.05, 4.69) is 5.32 Å². The van der Waals surface area contributed by atoms with Crippen molar-refractivity contribution in [3.05, 3.63) is 35.9 Å². The van der Waals surface area contributed by atoms with Crippen LogP contribution in [0.5, 0.6) is 0 Å². The van der Waals surface area contributed by atoms with E-state index in [0.29, 0.717) is 13.0 Å². The molecule has 1 aromatic carbocycles. The predicted octanol–water partition coefficient (Wildman–Crippen LogP) is 1.22. The molecule has 0 saturated carbocycles. The summed E-state index contributed by atoms with van der Waals surface area (Å²) in [7, 11) is 0. The second-order valence-electron chi connectivity index (χ2n) is 4.02. The lowest BCUT2D eigenvalue weighted by molar-refractivity contribution is -0.146. The van der Waals surface area contributed by atoms with Crippen LogP contribution < -0.4 is 5.32 Å². The molecule has 2 rings (SSSR count). The van der Waals surface area contributed by atoms with E-state index in [9.17, 15) is 9.59 Å². The fourth-order valence-corrected chi connectivity index (χ4v) is 2.12. The van der Waals surface area contributed by atoms with Crippen LogP contribution in [0.15, 0.2) is 30.3 Å². The summed E-state index contributed by atoms with van der Waals surface area (Å²) in [6, 6.07) is 9.02. The molecule has 1 heterocycles. The van der Waals surface area contributed by atoms with Crippen LogP contribution in [-0.2, 0) is 14.3 Å². The Hall–Kier alpha value is -1.84. The molecule has 1 saturated heterocycles. The number of esters is 1. The Morgan fingerprint density at radius 2 is 2.12 bits per heavy atom. The Bertz CT molecular complexity index is 416. The van der Waals surface area contributed by atoms with Gasteiger partial charge in [-0.05, 0) is 12.5 Å². The van der Waals surface area contributed by atoms with Gasteiger partial charge in [0.05, 0.1) is 6.61 Å². The van der Waals surface area contributed by atoms with Gasteiger partial charge in [0, 0.05) is 12.3 Å². The van der Waals surface area contributed by atoms with E-state index in [0.717, 1.165) is 5.56 Å². The largest absolute Gasteiger partial charge is 0.464 e. The molecular weight excluding hydrogens is 218 g/mol. The number of ether oxygens (including phenoxy) is 1. The molecule has 1 aliphatic rings. The van der Waals surface area contributed by atoms with Crippen LogP contribution in [0.3, 0.4) is 0 Å². The van der Waals surface area contributed by atoms with Crippen LogP contribution in [0.4, 0.5) is 0 Å². The molecule has 0 aliphatic carbocycles. The molecule has 1 fully saturated rings. The lowest BCUT2D eigenvalue weighted by Crippen LogP contribution is -2.37. The topological polar surface area (TPSA) is 55.4 Å². The second-order valence-corrected chi connectivity index (χ2v) is 4.02. The van der Waals surface area contributed by atoms with Gasteiger partial charge in [-0.15, -0.1) is 0 Å². The quantitative estimate of drug-likeness (QED) is 0.799. The van der Waals surface area contributed by atoms with Gasteiger partial charge in [-0.25, -0.2) is 4.79 Å². The Kier molecular flexibility index (Phi) is 3.42. The summed E-state index contributed by atoms with van der Waals surface area (Å²) in [5.74, 6) is -0.577. The summed E-state index contributed by atoms with van der Waals surface area (Å²) in [6.45, 7) is 2.08. The predicted molar refractivity (Wildman–Crippen MR) is 62.4 cm³/mol. The Labute approximate surface area is 100.0 Å². The molecule has 0 unspecified atom stereocenters. The van der Waals surface area contributed by atoms with Crippen molar-refractivity contribution in [2.75, 3.05) is 6.61 Å². The number of hydrogen-bond acceptors (Lipinski definition) is 3. The van der Waals surface area contributed by atoms with Crippen molar-refractivity contribution in [3.8, 4) is 0 Å². The summed E-state index contributed by atoms with van der Waals surface area (Å²) >= 11 is 0. The van der Waals surface area contributed by atoms with Crippen molar-refractivity contribution >= 4 is 11.9 Å². The van der Waals surface area contributed by atoms with Gasteiger partial charge in [0.15, 0.2) is 0 Å². The SMILES string of the molecule is CCOC(=O)[C@H]1NC(=O)C[C@@H]1c1ccccc1. The van der Waals surface area contributed by atoms with E-state index in [-0.39, 0.29) is 17.8 Å². The number of amides is 1. The zero-order valence-electron chi connectivity index (χ0n) is 9.68. The maximum Gasteiger partial charge on any atom is 0.329 e. The van der Waals surface area contributed by atoms with E-state index in [1.165, 1.54) is 0 Å². The van der Waals surface area contributed by atoms with Crippen molar-refractivity contribution in [2.24, 2.45) is 0 Å². The van der Waals surface area contributed by atoms with Gasteiger partial charge in [-0.1, -0.05) is 30.3 Å². The molecule has 90 valence electrons. The minimum absolute atomic E-state index is 0.100. The number of carbonyl (C=O) groups is 2. The highest BCUT2D eigenvalue weighted by Crippen LogP contribution is 2.28. The maximum atomic E-state index is 11.7. The van der Waals surface area contributed by atoms with Crippen molar-refractivity contribution in [1.82, 2.24) is 5.32 Å². The van der Waals surface area contributed by atoms with Gasteiger partial charge in [0.1, 0.15) is 6.04 Å². The van der Waals surface area contributed by atoms with Crippen LogP contribution in [-0.4, -0.2) is 24.5 Å². The molecule has 2 atom stereocenters. The fourth-order valence-electron chi connectivity index (χ4n) is 2.12. The lowest BCUT2D eigenvalue weighted by Gasteiger charge is -2.17. The van der Waals surface area contributed by atoms with Gasteiger partial charge < -0.3 is 10.1 Å². The zero-order valence-corrected chi connectivity index (χ0v) is 9.68. The minimum atomic E-state index is -0.551. The first kappa shape index (κ1) is 11.6. The number of nitrogens with one attached hydrogen (secondary N) is 1. The van der Waals surface area contributed by atoms with Crippen LogP contribution in [0, 0.1) is 0 Å². The van der Waals surface area contributed by atoms with Crippen molar-refractivity contribution in [1.29, 1.82) is 0 Å². The molecule has 17 heavy (non-hydrogen) atoms. The van der Waals surface area contributed by atoms with Crippen LogP contribution >= 0.6 is 0 Å². The summed E-state index contributed by atoms with van der Waals surface area (Å²) in [5.41, 5.74) is 0.990. The molecule has 1 amide bonds. The molecule has 0 radical (unpaired) electrons. The monoisotopic (exact) mass is 233 g/mol. The maximum absolute atomic E-state index is 11.7. The third-order valence-corrected chi connectivity index (χ3v) is 2.89. The van der Waals surface area contributed by atoms with Gasteiger partial charge in [0.25, 0.3) is 0 Å². The first-order chi connectivity index (χ1) is 8.22. The normalized spacial score (nSPS) is 23.2. The van der Waals surface area contributed by atoms with Crippen molar-refractivity contribution in [3.63, 3.8) is 0 Å². The second kappa shape index (κ2) is 4.99. The highest BCUT2D eigenvalue weighted by molar-refractivity contribution is 5.90. The fraction of sp³-hybridized carbons (Fsp3) is 0.385. The Morgan fingerprint density at radius 1 is 1.41 bits per heavy atom. The van der Waals surface area contributed by atoms with Gasteiger partial charge >= 0.3 is 5.97 Å². The summed E-state index contributed by atoms with van der Waals surface area (Å²) in [4.78, 5) is 23.2. The average molecular weight is 233 g/mol. The molecule has 4 heteroatoms. The van der Waals surface area contributed by atoms with E-state index in [1.54, 1.807) is 6.92 Å². The number of carbonyl (C=O) groups excluding carboxylic acids is 2. The molecular formula is C13H15NO3. The number of hydrogen-bond donors (Lipinski definition) is 1. The standard InChI is InChI=1S/C13H15NO3/c1-2-17-13(16)12-10(8-11(15)14-12)9-6-4-3-5-7-9/h3-7,10,12H,2,8H2,1H3,(H,14,15)/t10-,12+/m1/s1. The van der Waals surface area contributed by atoms with Crippen molar-refractivity contribution < 1.29 is 14.3 Å². The van der Waals surface area contributed by atoms with E-state index in [1.807, 2.05) is 30.3 Å². The van der Waals surface area contributed by atoms with E-state index in [4.69, 9.17) is 4.74 Å². The summed E-state index contributed by atoms with van der Waals surface area (Å²) in [6.07, 6.45) is 0.341. The molecule has 0 spiro atoms. The summed E-state index contributed by atoms with van der Waals surface area (Å²) < 4.78 is 4.97. The molecule has 4 nitrogen and oxygen atoms in total. The van der Waals surface area contributed by atoms with Crippen LogP contribution in [0.25, 0.3) is 0 Å². The highest BCUT2D eigenvalue weighted by atomic mass is 16.5. The number of benzene rings is 1. The van der Waals surface area contributed by atoms with Gasteiger partial charge in [-0.2, -0.15) is 0 Å². The first-order valence-corrected chi connectivity index (χ1v) is 5.73. The molecule has 1 aliphatic heterocycles. The molecule has 1 aromatic rings. The van der Waals surface area contributed by atoms with Crippen molar-refractivity contribution in [2.45, 2.75) is 25.3 Å². The Morgan fingerprint density at radius 3 is 2.76 bits per heavy atom. The smallest absolute Gasteiger partial charge is 0.329 e. The van der Waals surface area contributed by atoms with Crippen LogP contribution in [0.2, 0.25) is 0 Å². The van der Waals surface area contributed by atoms with Gasteiger partial charge in [-0.3, -0.25) is 4.79 Å². The number of rotatable bonds is 3. The first-order valence-electron chi connectivity index (χ1n) is 5.73. The zero-order chi connectivity index (χ0) is 12.3. The molecule has 0 bridgehead atoms. The van der Waals surface area contributed by atoms with Gasteiger partial charge in [0.2, 0.25) is 5.91 Å². The third-order valence-electron chi connectivity index (χ3n) is 2.89. The summed E-state index contributed by atoms with van der Waals surface area (Å²) in [5, 5.41) is 2.67. The minimum Gasteiger partial charge on any atom is -0.464 e. The Balaban J connectivity index is 2.20. The average Bonchev–Trinajstić information content (AvgIpc) is 2.73. The third kappa shape index (κ3) is 2.46. The van der Waals surface area contributed by atoms with Crippen LogP contribution in [0.1, 0.15) is 24.8 Å². The van der Waals surface area contributed by atoms with E-state index >= 15 is 0 Å². The molecule has 1 N–H and O–H groups in total.